The molecule has 2 amide bonds. The van der Waals surface area contributed by atoms with E-state index in [1.165, 1.54) is 4.90 Å². The van der Waals surface area contributed by atoms with Crippen LogP contribution in [0.5, 0.6) is 5.75 Å². The van der Waals surface area contributed by atoms with Gasteiger partial charge in [-0.3, -0.25) is 14.5 Å². The Bertz CT molecular complexity index is 898. The number of rotatable bonds is 4. The number of ether oxygens (including phenoxy) is 1. The van der Waals surface area contributed by atoms with Crippen molar-refractivity contribution in [3.8, 4) is 5.75 Å². The molecule has 0 aliphatic carbocycles. The molecule has 9 heteroatoms. The van der Waals surface area contributed by atoms with Crippen LogP contribution in [0.4, 0.5) is 24.7 Å². The average molecular weight is 393 g/mol. The van der Waals surface area contributed by atoms with E-state index < -0.39 is 23.8 Å². The van der Waals surface area contributed by atoms with Gasteiger partial charge < -0.3 is 10.1 Å². The Labute approximate surface area is 159 Å². The van der Waals surface area contributed by atoms with Gasteiger partial charge in [-0.2, -0.15) is 13.2 Å². The number of carbonyl (C=O) groups excluding carboxylic acids is 2. The summed E-state index contributed by atoms with van der Waals surface area (Å²) in [6, 6.07) is 5.81. The summed E-state index contributed by atoms with van der Waals surface area (Å²) < 4.78 is 43.6. The van der Waals surface area contributed by atoms with Gasteiger partial charge in [0.15, 0.2) is 11.9 Å². The Morgan fingerprint density at radius 2 is 2.00 bits per heavy atom. The molecule has 1 aliphatic rings. The second kappa shape index (κ2) is 7.49. The van der Waals surface area contributed by atoms with E-state index in [0.29, 0.717) is 11.5 Å². The second-order valence-corrected chi connectivity index (χ2v) is 6.39. The maximum Gasteiger partial charge on any atom is 0.416 e. The second-order valence-electron chi connectivity index (χ2n) is 6.39. The van der Waals surface area contributed by atoms with Gasteiger partial charge in [0, 0.05) is 6.20 Å². The van der Waals surface area contributed by atoms with E-state index in [1.807, 2.05) is 6.92 Å². The van der Waals surface area contributed by atoms with Crippen molar-refractivity contribution >= 4 is 23.3 Å². The zero-order chi connectivity index (χ0) is 20.5. The predicted octanol–water partition coefficient (Wildman–Crippen LogP) is 3.55. The largest absolute Gasteiger partial charge is 0.481 e. The number of benzene rings is 1. The molecular weight excluding hydrogens is 375 g/mol. The fourth-order valence-electron chi connectivity index (χ4n) is 2.83. The van der Waals surface area contributed by atoms with Gasteiger partial charge in [-0.1, -0.05) is 6.92 Å². The third-order valence-corrected chi connectivity index (χ3v) is 4.21. The third-order valence-electron chi connectivity index (χ3n) is 4.21. The monoisotopic (exact) mass is 393 g/mol. The number of halogens is 3. The summed E-state index contributed by atoms with van der Waals surface area (Å²) >= 11 is 0. The van der Waals surface area contributed by atoms with Crippen LogP contribution in [0, 0.1) is 6.92 Å². The molecule has 1 aromatic carbocycles. The highest BCUT2D eigenvalue weighted by Gasteiger charge is 2.34. The first kappa shape index (κ1) is 19.7. The Morgan fingerprint density at radius 1 is 1.32 bits per heavy atom. The molecule has 0 fully saturated rings. The highest BCUT2D eigenvalue weighted by molar-refractivity contribution is 6.10. The highest BCUT2D eigenvalue weighted by atomic mass is 19.4. The lowest BCUT2D eigenvalue weighted by Crippen LogP contribution is -2.48. The molecule has 2 aromatic rings. The van der Waals surface area contributed by atoms with Crippen LogP contribution in [0.2, 0.25) is 0 Å². The summed E-state index contributed by atoms with van der Waals surface area (Å²) in [5.74, 6) is -0.413. The SMILES string of the molecule is CCC(Oc1ccc(C(F)(F)F)cc1)C(=O)N1CC(=O)Nc2cc(C)cnc21. The number of anilines is 2. The number of amides is 2. The molecule has 0 bridgehead atoms. The van der Waals surface area contributed by atoms with Crippen molar-refractivity contribution in [2.75, 3.05) is 16.8 Å². The van der Waals surface area contributed by atoms with Crippen LogP contribution in [0.3, 0.4) is 0 Å². The normalized spacial score (nSPS) is 14.9. The quantitative estimate of drug-likeness (QED) is 0.862. The number of carbonyl (C=O) groups is 2. The molecule has 28 heavy (non-hydrogen) atoms. The van der Waals surface area contributed by atoms with Crippen LogP contribution in [-0.2, 0) is 15.8 Å². The number of fused-ring (bicyclic) bond motifs is 1. The van der Waals surface area contributed by atoms with Crippen LogP contribution in [0.15, 0.2) is 36.5 Å². The minimum atomic E-state index is -4.45. The lowest BCUT2D eigenvalue weighted by molar-refractivity contribution is -0.137. The van der Waals surface area contributed by atoms with Crippen LogP contribution < -0.4 is 15.0 Å². The van der Waals surface area contributed by atoms with Crippen molar-refractivity contribution in [3.05, 3.63) is 47.7 Å². The molecule has 0 radical (unpaired) electrons. The molecule has 3 rings (SSSR count). The van der Waals surface area contributed by atoms with Crippen molar-refractivity contribution in [1.82, 2.24) is 4.98 Å². The fraction of sp³-hybridized carbons (Fsp3) is 0.316. The summed E-state index contributed by atoms with van der Waals surface area (Å²) in [7, 11) is 0. The zero-order valence-electron chi connectivity index (χ0n) is 15.2. The summed E-state index contributed by atoms with van der Waals surface area (Å²) in [6.07, 6.45) is -3.58. The summed E-state index contributed by atoms with van der Waals surface area (Å²) in [4.78, 5) is 30.4. The Kier molecular flexibility index (Phi) is 5.26. The van der Waals surface area contributed by atoms with Gasteiger partial charge in [-0.25, -0.2) is 4.98 Å². The lowest BCUT2D eigenvalue weighted by atomic mass is 10.1. The van der Waals surface area contributed by atoms with E-state index >= 15 is 0 Å². The van der Waals surface area contributed by atoms with Crippen molar-refractivity contribution < 1.29 is 27.5 Å². The molecule has 1 unspecified atom stereocenters. The van der Waals surface area contributed by atoms with E-state index in [9.17, 15) is 22.8 Å². The van der Waals surface area contributed by atoms with Crippen molar-refractivity contribution in [3.63, 3.8) is 0 Å². The van der Waals surface area contributed by atoms with Crippen molar-refractivity contribution in [2.24, 2.45) is 0 Å². The maximum absolute atomic E-state index is 13.0. The molecule has 0 saturated carbocycles. The molecule has 1 aromatic heterocycles. The van der Waals surface area contributed by atoms with Gasteiger partial charge in [0.2, 0.25) is 5.91 Å². The van der Waals surface area contributed by atoms with Crippen LogP contribution in [0.25, 0.3) is 0 Å². The van der Waals surface area contributed by atoms with Crippen LogP contribution >= 0.6 is 0 Å². The number of hydrogen-bond donors (Lipinski definition) is 1. The predicted molar refractivity (Wildman–Crippen MR) is 96.1 cm³/mol. The molecule has 6 nitrogen and oxygen atoms in total. The molecular formula is C19H18F3N3O3. The minimum Gasteiger partial charge on any atom is -0.481 e. The van der Waals surface area contributed by atoms with Gasteiger partial charge in [0.05, 0.1) is 11.3 Å². The lowest BCUT2D eigenvalue weighted by Gasteiger charge is -2.30. The standard InChI is InChI=1S/C19H18F3N3O3/c1-3-15(28-13-6-4-12(5-7-13)19(20,21)22)18(27)25-10-16(26)24-14-8-11(2)9-23-17(14)25/h4-9,15H,3,10H2,1-2H3,(H,24,26). The number of pyridine rings is 1. The Hall–Kier alpha value is -3.10. The van der Waals surface area contributed by atoms with Crippen LogP contribution in [-0.4, -0.2) is 29.4 Å². The van der Waals surface area contributed by atoms with Gasteiger partial charge in [0.1, 0.15) is 12.3 Å². The smallest absolute Gasteiger partial charge is 0.416 e. The number of nitrogens with zero attached hydrogens (tertiary/aromatic N) is 2. The Balaban J connectivity index is 1.81. The minimum absolute atomic E-state index is 0.131. The summed E-state index contributed by atoms with van der Waals surface area (Å²) in [6.45, 7) is 3.30. The first-order chi connectivity index (χ1) is 13.2. The first-order valence-corrected chi connectivity index (χ1v) is 8.61. The molecule has 1 aliphatic heterocycles. The van der Waals surface area contributed by atoms with E-state index in [4.69, 9.17) is 4.74 Å². The molecule has 1 N–H and O–H groups in total. The Morgan fingerprint density at radius 3 is 2.61 bits per heavy atom. The third kappa shape index (κ3) is 4.08. The molecule has 2 heterocycles. The number of nitrogens with one attached hydrogen (secondary N) is 1. The van der Waals surface area contributed by atoms with Gasteiger partial charge in [-0.15, -0.1) is 0 Å². The molecule has 0 spiro atoms. The van der Waals surface area contributed by atoms with E-state index in [-0.39, 0.29) is 24.6 Å². The molecule has 1 atom stereocenters. The zero-order valence-corrected chi connectivity index (χ0v) is 15.2. The topological polar surface area (TPSA) is 71.5 Å². The van der Waals surface area contributed by atoms with E-state index in [1.54, 1.807) is 19.2 Å². The van der Waals surface area contributed by atoms with Gasteiger partial charge in [-0.05, 0) is 49.2 Å². The maximum atomic E-state index is 13.0. The fourth-order valence-corrected chi connectivity index (χ4v) is 2.83. The van der Waals surface area contributed by atoms with E-state index in [0.717, 1.165) is 29.8 Å². The number of aryl methyl sites for hydroxylation is 1. The van der Waals surface area contributed by atoms with Crippen molar-refractivity contribution in [2.45, 2.75) is 32.5 Å². The van der Waals surface area contributed by atoms with Gasteiger partial charge in [0.25, 0.3) is 5.91 Å². The molecule has 0 saturated heterocycles. The number of hydrogen-bond acceptors (Lipinski definition) is 4. The van der Waals surface area contributed by atoms with Crippen molar-refractivity contribution in [1.29, 1.82) is 0 Å². The number of aromatic nitrogens is 1. The van der Waals surface area contributed by atoms with Gasteiger partial charge >= 0.3 is 6.18 Å². The van der Waals surface area contributed by atoms with Crippen LogP contribution in [0.1, 0.15) is 24.5 Å². The number of alkyl halides is 3. The highest BCUT2D eigenvalue weighted by Crippen LogP contribution is 2.31. The summed E-state index contributed by atoms with van der Waals surface area (Å²) in [5, 5.41) is 2.67. The molecule has 148 valence electrons. The first-order valence-electron chi connectivity index (χ1n) is 8.61. The summed E-state index contributed by atoms with van der Waals surface area (Å²) in [5.41, 5.74) is 0.441. The average Bonchev–Trinajstić information content (AvgIpc) is 2.64. The van der Waals surface area contributed by atoms with E-state index in [2.05, 4.69) is 10.3 Å².